The van der Waals surface area contributed by atoms with Crippen LogP contribution in [0.4, 0.5) is 5.82 Å². The maximum atomic E-state index is 11.4. The van der Waals surface area contributed by atoms with Gasteiger partial charge in [0.2, 0.25) is 0 Å². The van der Waals surface area contributed by atoms with E-state index in [-0.39, 0.29) is 5.92 Å². The average Bonchev–Trinajstić information content (AvgIpc) is 2.37. The molecule has 0 bridgehead atoms. The standard InChI is InChI=1S/C14H17N3O2S2/c1-9(2)14-16-12(15)8-13(17-14)20-10-4-6-11(7-5-10)21(3,18)19/h4-9H,1-3H3,(H2,15,16,17). The molecular formula is C14H17N3O2S2. The first-order valence-electron chi connectivity index (χ1n) is 6.38. The third-order valence-electron chi connectivity index (χ3n) is 2.73. The Labute approximate surface area is 128 Å². The first kappa shape index (κ1) is 15.8. The van der Waals surface area contributed by atoms with Crippen LogP contribution in [-0.4, -0.2) is 24.6 Å². The van der Waals surface area contributed by atoms with E-state index in [1.165, 1.54) is 18.0 Å². The highest BCUT2D eigenvalue weighted by molar-refractivity contribution is 7.99. The van der Waals surface area contributed by atoms with E-state index in [9.17, 15) is 8.42 Å². The van der Waals surface area contributed by atoms with Gasteiger partial charge in [0.25, 0.3) is 0 Å². The number of anilines is 1. The number of nitrogen functional groups attached to an aromatic ring is 1. The van der Waals surface area contributed by atoms with Gasteiger partial charge in [0.1, 0.15) is 16.7 Å². The summed E-state index contributed by atoms with van der Waals surface area (Å²) >= 11 is 1.43. The molecule has 0 atom stereocenters. The number of rotatable bonds is 4. The molecule has 7 heteroatoms. The highest BCUT2D eigenvalue weighted by Gasteiger charge is 2.09. The number of nitrogens with two attached hydrogens (primary N) is 1. The molecule has 0 spiro atoms. The van der Waals surface area contributed by atoms with Gasteiger partial charge in [0.15, 0.2) is 9.84 Å². The molecule has 2 aromatic rings. The lowest BCUT2D eigenvalue weighted by Crippen LogP contribution is -2.02. The third kappa shape index (κ3) is 4.18. The minimum atomic E-state index is -3.17. The fraction of sp³-hybridized carbons (Fsp3) is 0.286. The highest BCUT2D eigenvalue weighted by atomic mass is 32.2. The SMILES string of the molecule is CC(C)c1nc(N)cc(Sc2ccc(S(C)(=O)=O)cc2)n1. The van der Waals surface area contributed by atoms with E-state index >= 15 is 0 Å². The molecule has 0 fully saturated rings. The Bertz CT molecular complexity index is 741. The number of hydrogen-bond donors (Lipinski definition) is 1. The summed E-state index contributed by atoms with van der Waals surface area (Å²) < 4.78 is 22.8. The first-order valence-corrected chi connectivity index (χ1v) is 9.09. The summed E-state index contributed by atoms with van der Waals surface area (Å²) in [4.78, 5) is 9.85. The van der Waals surface area contributed by atoms with Gasteiger partial charge in [-0.25, -0.2) is 18.4 Å². The summed E-state index contributed by atoms with van der Waals surface area (Å²) in [6.45, 7) is 4.01. The Balaban J connectivity index is 2.26. The Hall–Kier alpha value is -1.60. The van der Waals surface area contributed by atoms with Crippen LogP contribution in [0.5, 0.6) is 0 Å². The minimum absolute atomic E-state index is 0.195. The van der Waals surface area contributed by atoms with Gasteiger partial charge in [-0.2, -0.15) is 0 Å². The van der Waals surface area contributed by atoms with Gasteiger partial charge in [-0.05, 0) is 24.3 Å². The molecule has 0 radical (unpaired) electrons. The van der Waals surface area contributed by atoms with Crippen LogP contribution < -0.4 is 5.73 Å². The van der Waals surface area contributed by atoms with Crippen LogP contribution in [0.3, 0.4) is 0 Å². The monoisotopic (exact) mass is 323 g/mol. The molecular weight excluding hydrogens is 306 g/mol. The van der Waals surface area contributed by atoms with Crippen molar-refractivity contribution in [2.24, 2.45) is 0 Å². The second kappa shape index (κ2) is 6.03. The summed E-state index contributed by atoms with van der Waals surface area (Å²) in [6, 6.07) is 8.40. The van der Waals surface area contributed by atoms with Crippen molar-refractivity contribution in [3.8, 4) is 0 Å². The highest BCUT2D eigenvalue weighted by Crippen LogP contribution is 2.28. The van der Waals surface area contributed by atoms with Gasteiger partial charge >= 0.3 is 0 Å². The van der Waals surface area contributed by atoms with Crippen molar-refractivity contribution in [1.29, 1.82) is 0 Å². The molecule has 0 saturated heterocycles. The molecule has 0 amide bonds. The maximum Gasteiger partial charge on any atom is 0.175 e. The van der Waals surface area contributed by atoms with Crippen LogP contribution in [0.2, 0.25) is 0 Å². The normalized spacial score (nSPS) is 11.8. The zero-order chi connectivity index (χ0) is 15.6. The lowest BCUT2D eigenvalue weighted by Gasteiger charge is -2.08. The number of aromatic nitrogens is 2. The summed E-state index contributed by atoms with van der Waals surface area (Å²) in [7, 11) is -3.17. The smallest absolute Gasteiger partial charge is 0.175 e. The molecule has 1 aromatic carbocycles. The van der Waals surface area contributed by atoms with Crippen LogP contribution in [0, 0.1) is 0 Å². The van der Waals surface area contributed by atoms with Gasteiger partial charge in [-0.1, -0.05) is 25.6 Å². The molecule has 0 unspecified atom stereocenters. The Morgan fingerprint density at radius 1 is 1.14 bits per heavy atom. The van der Waals surface area contributed by atoms with Crippen molar-refractivity contribution in [1.82, 2.24) is 9.97 Å². The molecule has 0 aliphatic heterocycles. The lowest BCUT2D eigenvalue weighted by atomic mass is 10.2. The summed E-state index contributed by atoms with van der Waals surface area (Å²) in [6.07, 6.45) is 1.19. The summed E-state index contributed by atoms with van der Waals surface area (Å²) in [5.41, 5.74) is 5.79. The van der Waals surface area contributed by atoms with Gasteiger partial charge in [-0.3, -0.25) is 0 Å². The number of benzene rings is 1. The van der Waals surface area contributed by atoms with Crippen LogP contribution in [0.15, 0.2) is 45.1 Å². The number of hydrogen-bond acceptors (Lipinski definition) is 6. The second-order valence-electron chi connectivity index (χ2n) is 4.99. The fourth-order valence-electron chi connectivity index (χ4n) is 1.65. The van der Waals surface area contributed by atoms with Crippen molar-refractivity contribution in [2.75, 3.05) is 12.0 Å². The van der Waals surface area contributed by atoms with E-state index in [4.69, 9.17) is 5.73 Å². The molecule has 0 aliphatic carbocycles. The zero-order valence-corrected chi connectivity index (χ0v) is 13.7. The Morgan fingerprint density at radius 3 is 2.29 bits per heavy atom. The predicted octanol–water partition coefficient (Wildman–Crippen LogP) is 2.74. The molecule has 2 N–H and O–H groups in total. The predicted molar refractivity (Wildman–Crippen MR) is 84.2 cm³/mol. The third-order valence-corrected chi connectivity index (χ3v) is 4.79. The van der Waals surface area contributed by atoms with Crippen molar-refractivity contribution < 1.29 is 8.42 Å². The van der Waals surface area contributed by atoms with Crippen molar-refractivity contribution in [3.05, 3.63) is 36.2 Å². The van der Waals surface area contributed by atoms with Gasteiger partial charge in [0, 0.05) is 23.1 Å². The topological polar surface area (TPSA) is 85.9 Å². The van der Waals surface area contributed by atoms with Gasteiger partial charge in [-0.15, -0.1) is 0 Å². The first-order chi connectivity index (χ1) is 9.75. The second-order valence-corrected chi connectivity index (χ2v) is 8.10. The lowest BCUT2D eigenvalue weighted by molar-refractivity contribution is 0.602. The van der Waals surface area contributed by atoms with E-state index in [2.05, 4.69) is 9.97 Å². The minimum Gasteiger partial charge on any atom is -0.384 e. The van der Waals surface area contributed by atoms with Crippen LogP contribution in [0.1, 0.15) is 25.6 Å². The maximum absolute atomic E-state index is 11.4. The molecule has 0 saturated carbocycles. The number of nitrogens with zero attached hydrogens (tertiary/aromatic N) is 2. The van der Waals surface area contributed by atoms with E-state index in [1.54, 1.807) is 30.3 Å². The van der Waals surface area contributed by atoms with Crippen LogP contribution in [-0.2, 0) is 9.84 Å². The molecule has 112 valence electrons. The van der Waals surface area contributed by atoms with Crippen molar-refractivity contribution in [2.45, 2.75) is 34.6 Å². The van der Waals surface area contributed by atoms with Crippen molar-refractivity contribution >= 4 is 27.4 Å². The average molecular weight is 323 g/mol. The summed E-state index contributed by atoms with van der Waals surface area (Å²) in [5, 5.41) is 0.748. The molecule has 2 rings (SSSR count). The molecule has 1 heterocycles. The molecule has 5 nitrogen and oxygen atoms in total. The van der Waals surface area contributed by atoms with E-state index in [1.807, 2.05) is 13.8 Å². The van der Waals surface area contributed by atoms with Gasteiger partial charge in [0.05, 0.1) is 4.90 Å². The quantitative estimate of drug-likeness (QED) is 0.871. The van der Waals surface area contributed by atoms with Gasteiger partial charge < -0.3 is 5.73 Å². The Kier molecular flexibility index (Phi) is 4.53. The largest absolute Gasteiger partial charge is 0.384 e. The van der Waals surface area contributed by atoms with Crippen LogP contribution in [0.25, 0.3) is 0 Å². The zero-order valence-electron chi connectivity index (χ0n) is 12.1. The van der Waals surface area contributed by atoms with E-state index in [0.717, 1.165) is 9.92 Å². The van der Waals surface area contributed by atoms with E-state index < -0.39 is 9.84 Å². The molecule has 1 aromatic heterocycles. The molecule has 0 aliphatic rings. The summed E-state index contributed by atoms with van der Waals surface area (Å²) in [5.74, 6) is 1.33. The van der Waals surface area contributed by atoms with Crippen LogP contribution >= 0.6 is 11.8 Å². The Morgan fingerprint density at radius 2 is 1.76 bits per heavy atom. The van der Waals surface area contributed by atoms with E-state index in [0.29, 0.717) is 16.5 Å². The fourth-order valence-corrected chi connectivity index (χ4v) is 3.11. The van der Waals surface area contributed by atoms with Crippen molar-refractivity contribution in [3.63, 3.8) is 0 Å². The number of sulfone groups is 1. The molecule has 21 heavy (non-hydrogen) atoms.